The number of thiophene rings is 1. The first-order chi connectivity index (χ1) is 12.7. The van der Waals surface area contributed by atoms with E-state index in [1.807, 2.05) is 29.7 Å². The second-order valence-corrected chi connectivity index (χ2v) is 10.0. The molecular weight excluding hydrogens is 360 g/mol. The maximum atomic E-state index is 5.92. The fourth-order valence-corrected chi connectivity index (χ4v) is 7.34. The highest BCUT2D eigenvalue weighted by Gasteiger charge is 2.26. The lowest BCUT2D eigenvalue weighted by Gasteiger charge is -2.29. The number of thiol groups is 1. The van der Waals surface area contributed by atoms with Crippen LogP contribution < -0.4 is 11.1 Å². The van der Waals surface area contributed by atoms with Crippen molar-refractivity contribution in [2.45, 2.75) is 41.5 Å². The Kier molecular flexibility index (Phi) is 3.99. The first-order valence-electron chi connectivity index (χ1n) is 9.05. The Morgan fingerprint density at radius 1 is 1.23 bits per heavy atom. The zero-order chi connectivity index (χ0) is 17.7. The van der Waals surface area contributed by atoms with Gasteiger partial charge in [-0.05, 0) is 56.6 Å². The average molecular weight is 383 g/mol. The van der Waals surface area contributed by atoms with Gasteiger partial charge in [0.25, 0.3) is 0 Å². The van der Waals surface area contributed by atoms with Gasteiger partial charge in [-0.25, -0.2) is 9.98 Å². The Morgan fingerprint density at radius 3 is 3.04 bits per heavy atom. The number of nitrogens with two attached hydrogens (primary N) is 1. The van der Waals surface area contributed by atoms with Crippen LogP contribution in [-0.4, -0.2) is 23.1 Å². The summed E-state index contributed by atoms with van der Waals surface area (Å²) in [5.41, 5.74) is 9.82. The molecule has 2 aromatic heterocycles. The van der Waals surface area contributed by atoms with Gasteiger partial charge in [-0.2, -0.15) is 10.9 Å². The number of piperidine rings is 1. The van der Waals surface area contributed by atoms with E-state index in [2.05, 4.69) is 46.0 Å². The highest BCUT2D eigenvalue weighted by atomic mass is 32.2. The lowest BCUT2D eigenvalue weighted by atomic mass is 9.90. The summed E-state index contributed by atoms with van der Waals surface area (Å²) in [5, 5.41) is 4.92. The topological polar surface area (TPSA) is 63.3 Å². The Hall–Kier alpha value is -1.89. The van der Waals surface area contributed by atoms with E-state index in [0.29, 0.717) is 12.0 Å². The number of benzene rings is 1. The van der Waals surface area contributed by atoms with Crippen LogP contribution in [0.5, 0.6) is 0 Å². The van der Waals surface area contributed by atoms with Crippen LogP contribution in [0.3, 0.4) is 0 Å². The summed E-state index contributed by atoms with van der Waals surface area (Å²) in [6.07, 6.45) is 4.46. The Balaban J connectivity index is 1.59. The van der Waals surface area contributed by atoms with E-state index in [4.69, 9.17) is 5.73 Å². The first-order valence-corrected chi connectivity index (χ1v) is 11.3. The van der Waals surface area contributed by atoms with Crippen LogP contribution >= 0.6 is 22.2 Å². The first kappa shape index (κ1) is 16.3. The van der Waals surface area contributed by atoms with Gasteiger partial charge in [-0.1, -0.05) is 0 Å². The molecule has 1 aromatic carbocycles. The minimum absolute atomic E-state index is 0.530. The van der Waals surface area contributed by atoms with Crippen molar-refractivity contribution in [3.8, 4) is 0 Å². The quantitative estimate of drug-likeness (QED) is 0.439. The van der Waals surface area contributed by atoms with Crippen molar-refractivity contribution in [3.63, 3.8) is 0 Å². The summed E-state index contributed by atoms with van der Waals surface area (Å²) in [7, 11) is -0.580. The van der Waals surface area contributed by atoms with E-state index in [-0.39, 0.29) is 0 Å². The van der Waals surface area contributed by atoms with Gasteiger partial charge in [0.2, 0.25) is 0 Å². The fourth-order valence-electron chi connectivity index (χ4n) is 3.99. The van der Waals surface area contributed by atoms with Crippen LogP contribution in [0.15, 0.2) is 51.3 Å². The summed E-state index contributed by atoms with van der Waals surface area (Å²) in [4.78, 5) is 14.6. The molecule has 3 N–H and O–H groups in total. The average Bonchev–Trinajstić information content (AvgIpc) is 3.25. The van der Waals surface area contributed by atoms with Gasteiger partial charge in [-0.3, -0.25) is 0 Å². The van der Waals surface area contributed by atoms with Crippen LogP contribution in [0.25, 0.3) is 10.2 Å². The van der Waals surface area contributed by atoms with E-state index < -0.39 is 10.9 Å². The molecule has 0 bridgehead atoms. The number of aliphatic imine (C=N–C) groups is 1. The molecule has 4 nitrogen and oxygen atoms in total. The smallest absolute Gasteiger partial charge is 0.124 e. The molecule has 3 unspecified atom stereocenters. The molecule has 3 aromatic rings. The van der Waals surface area contributed by atoms with Crippen LogP contribution in [-0.2, 0) is 0 Å². The van der Waals surface area contributed by atoms with E-state index in [0.717, 1.165) is 22.7 Å². The van der Waals surface area contributed by atoms with Crippen molar-refractivity contribution in [1.29, 1.82) is 0 Å². The monoisotopic (exact) mass is 382 g/mol. The molecule has 0 spiro atoms. The Morgan fingerprint density at radius 2 is 2.15 bits per heavy atom. The molecule has 4 heterocycles. The van der Waals surface area contributed by atoms with Gasteiger partial charge in [0.1, 0.15) is 4.83 Å². The number of rotatable bonds is 2. The Bertz CT molecular complexity index is 1010. The number of hydrogen-bond donors (Lipinski definition) is 3. The summed E-state index contributed by atoms with van der Waals surface area (Å²) in [6.45, 7) is 3.44. The Labute approximate surface area is 159 Å². The van der Waals surface area contributed by atoms with Crippen molar-refractivity contribution in [1.82, 2.24) is 10.3 Å². The molecule has 26 heavy (non-hydrogen) atoms. The summed E-state index contributed by atoms with van der Waals surface area (Å²) in [6, 6.07) is 11.2. The predicted molar refractivity (Wildman–Crippen MR) is 114 cm³/mol. The molecule has 3 atom stereocenters. The highest BCUT2D eigenvalue weighted by Crippen LogP contribution is 2.54. The lowest BCUT2D eigenvalue weighted by Crippen LogP contribution is -2.37. The molecular formula is C20H22N4S2. The van der Waals surface area contributed by atoms with Gasteiger partial charge in [-0.15, -0.1) is 11.3 Å². The molecule has 0 amide bonds. The predicted octanol–water partition coefficient (Wildman–Crippen LogP) is 4.83. The summed E-state index contributed by atoms with van der Waals surface area (Å²) in [5.74, 6) is 0.591. The molecule has 1 saturated heterocycles. The van der Waals surface area contributed by atoms with Gasteiger partial charge in [0, 0.05) is 49.4 Å². The number of nitrogens with zero attached hydrogens (tertiary/aromatic N) is 2. The molecule has 5 rings (SSSR count). The third-order valence-corrected chi connectivity index (χ3v) is 8.72. The van der Waals surface area contributed by atoms with Crippen LogP contribution in [0, 0.1) is 0 Å². The summed E-state index contributed by atoms with van der Waals surface area (Å²) >= 11 is 1.86. The van der Waals surface area contributed by atoms with Crippen molar-refractivity contribution in [2.75, 3.05) is 12.3 Å². The summed E-state index contributed by atoms with van der Waals surface area (Å²) < 4.78 is 0. The SMILES string of the molecule is CC1NCCCC1c1cc2c([SH]3C=Nc4cc(N)ccc43)ccnc2s1. The van der Waals surface area contributed by atoms with Gasteiger partial charge >= 0.3 is 0 Å². The maximum Gasteiger partial charge on any atom is 0.124 e. The third kappa shape index (κ3) is 2.64. The number of fused-ring (bicyclic) bond motifs is 2. The standard InChI is InChI=1S/C20H22N4S2/c1-12-14(3-2-7-22-12)17-10-15-18(6-8-23-20(15)25-17)26-11-24-16-9-13(21)4-5-19(16)26/h4-6,8-12,14,22,26H,2-3,7,21H2,1H3. The normalized spacial score (nSPS) is 26.3. The minimum Gasteiger partial charge on any atom is -0.399 e. The molecule has 0 saturated carbocycles. The number of nitrogen functional groups attached to an aromatic ring is 1. The number of nitrogens with one attached hydrogen (secondary N) is 1. The van der Waals surface area contributed by atoms with Gasteiger partial charge < -0.3 is 11.1 Å². The largest absolute Gasteiger partial charge is 0.399 e. The van der Waals surface area contributed by atoms with Gasteiger partial charge in [0.05, 0.1) is 5.69 Å². The second kappa shape index (κ2) is 6.37. The van der Waals surface area contributed by atoms with E-state index in [9.17, 15) is 0 Å². The van der Waals surface area contributed by atoms with Gasteiger partial charge in [0.15, 0.2) is 0 Å². The maximum absolute atomic E-state index is 5.92. The molecule has 1 fully saturated rings. The zero-order valence-electron chi connectivity index (χ0n) is 14.6. The second-order valence-electron chi connectivity index (χ2n) is 7.05. The van der Waals surface area contributed by atoms with Crippen LogP contribution in [0.2, 0.25) is 0 Å². The molecule has 0 radical (unpaired) electrons. The third-order valence-electron chi connectivity index (χ3n) is 5.39. The number of hydrogen-bond acceptors (Lipinski definition) is 5. The number of aromatic nitrogens is 1. The fraction of sp³-hybridized carbons (Fsp3) is 0.300. The van der Waals surface area contributed by atoms with E-state index in [1.54, 1.807) is 0 Å². The van der Waals surface area contributed by atoms with Crippen LogP contribution in [0.4, 0.5) is 11.4 Å². The minimum atomic E-state index is -0.580. The van der Waals surface area contributed by atoms with Crippen molar-refractivity contribution in [3.05, 3.63) is 41.4 Å². The van der Waals surface area contributed by atoms with E-state index >= 15 is 0 Å². The number of pyridine rings is 1. The number of anilines is 1. The van der Waals surface area contributed by atoms with Crippen molar-refractivity contribution < 1.29 is 0 Å². The lowest BCUT2D eigenvalue weighted by molar-refractivity contribution is 0.375. The van der Waals surface area contributed by atoms with Crippen LogP contribution in [0.1, 0.15) is 30.6 Å². The molecule has 2 aliphatic rings. The molecule has 134 valence electrons. The molecule has 0 aliphatic carbocycles. The zero-order valence-corrected chi connectivity index (χ0v) is 16.4. The van der Waals surface area contributed by atoms with Crippen molar-refractivity contribution >= 4 is 49.4 Å². The molecule has 2 aliphatic heterocycles. The van der Waals surface area contributed by atoms with Crippen molar-refractivity contribution in [2.24, 2.45) is 4.99 Å². The molecule has 6 heteroatoms. The highest BCUT2D eigenvalue weighted by molar-refractivity contribution is 8.29. The van der Waals surface area contributed by atoms with E-state index in [1.165, 1.54) is 32.9 Å².